The smallest absolute Gasteiger partial charge is 0.246 e. The van der Waals surface area contributed by atoms with E-state index in [2.05, 4.69) is 45.4 Å². The van der Waals surface area contributed by atoms with Crippen LogP contribution in [-0.2, 0) is 9.53 Å². The summed E-state index contributed by atoms with van der Waals surface area (Å²) in [5, 5.41) is 2.86. The normalized spacial score (nSPS) is 24.5. The highest BCUT2D eigenvalue weighted by Crippen LogP contribution is 2.15. The fourth-order valence-electron chi connectivity index (χ4n) is 2.76. The van der Waals surface area contributed by atoms with Gasteiger partial charge in [0.25, 0.3) is 0 Å². The number of carbonyl (C=O) groups is 1. The molecule has 3 rings (SSSR count). The lowest BCUT2D eigenvalue weighted by molar-refractivity contribution is -0.133. The van der Waals surface area contributed by atoms with Crippen LogP contribution in [-0.4, -0.2) is 62.8 Å². The highest BCUT2D eigenvalue weighted by Gasteiger charge is 2.23. The molecule has 1 atom stereocenters. The van der Waals surface area contributed by atoms with E-state index in [-0.39, 0.29) is 18.6 Å². The first-order valence-corrected chi connectivity index (χ1v) is 7.22. The van der Waals surface area contributed by atoms with Crippen molar-refractivity contribution in [2.75, 3.05) is 50.8 Å². The van der Waals surface area contributed by atoms with Crippen LogP contribution in [0.1, 0.15) is 0 Å². The lowest BCUT2D eigenvalue weighted by Crippen LogP contribution is -2.52. The Kier molecular flexibility index (Phi) is 4.18. The third-order valence-corrected chi connectivity index (χ3v) is 3.93. The van der Waals surface area contributed by atoms with E-state index in [1.54, 1.807) is 0 Å². The number of para-hydroxylation sites is 1. The van der Waals surface area contributed by atoms with E-state index in [0.717, 1.165) is 32.7 Å². The molecule has 0 spiro atoms. The molecule has 0 radical (unpaired) electrons. The quantitative estimate of drug-likeness (QED) is 0.863. The summed E-state index contributed by atoms with van der Waals surface area (Å²) in [7, 11) is 0. The van der Waals surface area contributed by atoms with Crippen molar-refractivity contribution in [2.24, 2.45) is 0 Å². The molecule has 108 valence electrons. The molecular formula is C15H21N3O2. The molecule has 2 aliphatic rings. The first-order valence-electron chi connectivity index (χ1n) is 7.22. The largest absolute Gasteiger partial charge is 0.369 e. The third kappa shape index (κ3) is 3.29. The molecule has 0 saturated carbocycles. The van der Waals surface area contributed by atoms with Crippen molar-refractivity contribution in [2.45, 2.75) is 6.10 Å². The van der Waals surface area contributed by atoms with E-state index in [1.165, 1.54) is 5.69 Å². The van der Waals surface area contributed by atoms with Crippen LogP contribution in [0.2, 0.25) is 0 Å². The monoisotopic (exact) mass is 275 g/mol. The maximum atomic E-state index is 11.0. The number of amides is 1. The van der Waals surface area contributed by atoms with Crippen LogP contribution in [0.15, 0.2) is 30.3 Å². The Balaban J connectivity index is 1.46. The van der Waals surface area contributed by atoms with Gasteiger partial charge in [0.05, 0.1) is 6.10 Å². The van der Waals surface area contributed by atoms with Crippen LogP contribution in [0.25, 0.3) is 0 Å². The van der Waals surface area contributed by atoms with Crippen molar-refractivity contribution in [3.63, 3.8) is 0 Å². The lowest BCUT2D eigenvalue weighted by Gasteiger charge is -2.38. The van der Waals surface area contributed by atoms with Gasteiger partial charge in [-0.2, -0.15) is 0 Å². The minimum atomic E-state index is -0.00449. The Morgan fingerprint density at radius 2 is 1.90 bits per heavy atom. The van der Waals surface area contributed by atoms with Crippen LogP contribution in [0.5, 0.6) is 0 Å². The third-order valence-electron chi connectivity index (χ3n) is 3.93. The van der Waals surface area contributed by atoms with Crippen molar-refractivity contribution in [1.82, 2.24) is 10.2 Å². The standard InChI is InChI=1S/C15H21N3O2/c19-15-12-20-14(10-16-15)11-17-6-8-18(9-7-17)13-4-2-1-3-5-13/h1-5,14H,6-12H2,(H,16,19). The zero-order chi connectivity index (χ0) is 13.8. The number of nitrogens with one attached hydrogen (secondary N) is 1. The van der Waals surface area contributed by atoms with Gasteiger partial charge >= 0.3 is 0 Å². The Labute approximate surface area is 119 Å². The number of morpholine rings is 1. The van der Waals surface area contributed by atoms with E-state index in [4.69, 9.17) is 4.74 Å². The summed E-state index contributed by atoms with van der Waals surface area (Å²) < 4.78 is 5.54. The van der Waals surface area contributed by atoms with Gasteiger partial charge in [0.15, 0.2) is 0 Å². The van der Waals surface area contributed by atoms with Gasteiger partial charge in [-0.1, -0.05) is 18.2 Å². The molecule has 0 aromatic heterocycles. The van der Waals surface area contributed by atoms with Gasteiger partial charge in [-0.15, -0.1) is 0 Å². The number of benzene rings is 1. The molecule has 1 amide bonds. The molecule has 1 N–H and O–H groups in total. The molecule has 0 bridgehead atoms. The van der Waals surface area contributed by atoms with Crippen LogP contribution >= 0.6 is 0 Å². The number of rotatable bonds is 3. The van der Waals surface area contributed by atoms with Crippen molar-refractivity contribution >= 4 is 11.6 Å². The van der Waals surface area contributed by atoms with Gasteiger partial charge in [-0.25, -0.2) is 0 Å². The second-order valence-corrected chi connectivity index (χ2v) is 5.36. The second-order valence-electron chi connectivity index (χ2n) is 5.36. The van der Waals surface area contributed by atoms with E-state index in [9.17, 15) is 4.79 Å². The molecule has 5 heteroatoms. The van der Waals surface area contributed by atoms with E-state index >= 15 is 0 Å². The van der Waals surface area contributed by atoms with Crippen molar-refractivity contribution < 1.29 is 9.53 Å². The van der Waals surface area contributed by atoms with Crippen molar-refractivity contribution in [3.05, 3.63) is 30.3 Å². The molecule has 2 saturated heterocycles. The molecular weight excluding hydrogens is 254 g/mol. The zero-order valence-electron chi connectivity index (χ0n) is 11.6. The maximum absolute atomic E-state index is 11.0. The SMILES string of the molecule is O=C1COC(CN2CCN(c3ccccc3)CC2)CN1. The molecule has 2 fully saturated rings. The van der Waals surface area contributed by atoms with Crippen LogP contribution in [0, 0.1) is 0 Å². The average molecular weight is 275 g/mol. The highest BCUT2D eigenvalue weighted by atomic mass is 16.5. The van der Waals surface area contributed by atoms with Gasteiger partial charge in [0.1, 0.15) is 6.61 Å². The number of piperazine rings is 1. The summed E-state index contributed by atoms with van der Waals surface area (Å²) in [6, 6.07) is 10.5. The second kappa shape index (κ2) is 6.24. The average Bonchev–Trinajstić information content (AvgIpc) is 2.51. The molecule has 1 aromatic rings. The molecule has 0 aliphatic carbocycles. The van der Waals surface area contributed by atoms with Gasteiger partial charge in [-0.05, 0) is 12.1 Å². The van der Waals surface area contributed by atoms with E-state index < -0.39 is 0 Å². The minimum absolute atomic E-state index is 0.00449. The van der Waals surface area contributed by atoms with Crippen LogP contribution in [0.3, 0.4) is 0 Å². The minimum Gasteiger partial charge on any atom is -0.369 e. The maximum Gasteiger partial charge on any atom is 0.246 e. The number of anilines is 1. The van der Waals surface area contributed by atoms with Gasteiger partial charge in [-0.3, -0.25) is 9.69 Å². The van der Waals surface area contributed by atoms with Gasteiger partial charge in [0.2, 0.25) is 5.91 Å². The van der Waals surface area contributed by atoms with Crippen LogP contribution in [0.4, 0.5) is 5.69 Å². The fourth-order valence-corrected chi connectivity index (χ4v) is 2.76. The summed E-state index contributed by atoms with van der Waals surface area (Å²) in [6.07, 6.45) is 0.135. The molecule has 1 aromatic carbocycles. The van der Waals surface area contributed by atoms with Crippen molar-refractivity contribution in [1.29, 1.82) is 0 Å². The summed E-state index contributed by atoms with van der Waals surface area (Å²) >= 11 is 0. The summed E-state index contributed by atoms with van der Waals surface area (Å²) in [5.41, 5.74) is 1.30. The molecule has 2 aliphatic heterocycles. The first kappa shape index (κ1) is 13.4. The number of ether oxygens (including phenoxy) is 1. The Morgan fingerprint density at radius 1 is 1.15 bits per heavy atom. The van der Waals surface area contributed by atoms with E-state index in [0.29, 0.717) is 6.54 Å². The topological polar surface area (TPSA) is 44.8 Å². The molecule has 5 nitrogen and oxygen atoms in total. The summed E-state index contributed by atoms with van der Waals surface area (Å²) in [5.74, 6) is -0.00449. The predicted octanol–water partition coefficient (Wildman–Crippen LogP) is 0.324. The van der Waals surface area contributed by atoms with Gasteiger partial charge in [0, 0.05) is 45.0 Å². The number of carbonyl (C=O) groups excluding carboxylic acids is 1. The zero-order valence-corrected chi connectivity index (χ0v) is 11.6. The molecule has 20 heavy (non-hydrogen) atoms. The fraction of sp³-hybridized carbons (Fsp3) is 0.533. The van der Waals surface area contributed by atoms with Crippen LogP contribution < -0.4 is 10.2 Å². The van der Waals surface area contributed by atoms with Crippen molar-refractivity contribution in [3.8, 4) is 0 Å². The Bertz CT molecular complexity index is 434. The molecule has 2 heterocycles. The Morgan fingerprint density at radius 3 is 2.55 bits per heavy atom. The first-order chi connectivity index (χ1) is 9.81. The summed E-state index contributed by atoms with van der Waals surface area (Å²) in [6.45, 7) is 5.92. The molecule has 1 unspecified atom stereocenters. The van der Waals surface area contributed by atoms with E-state index in [1.807, 2.05) is 0 Å². The number of hydrogen-bond acceptors (Lipinski definition) is 4. The summed E-state index contributed by atoms with van der Waals surface area (Å²) in [4.78, 5) is 15.9. The Hall–Kier alpha value is -1.59. The van der Waals surface area contributed by atoms with Gasteiger partial charge < -0.3 is 15.0 Å². The lowest BCUT2D eigenvalue weighted by atomic mass is 10.2. The number of nitrogens with zero attached hydrogens (tertiary/aromatic N) is 2. The predicted molar refractivity (Wildman–Crippen MR) is 77.8 cm³/mol. The highest BCUT2D eigenvalue weighted by molar-refractivity contribution is 5.77. The number of hydrogen-bond donors (Lipinski definition) is 1.